The molecular weight excluding hydrogens is 394 g/mol. The molecule has 10 nitrogen and oxygen atoms in total. The summed E-state index contributed by atoms with van der Waals surface area (Å²) in [5.41, 5.74) is 0.533. The van der Waals surface area contributed by atoms with E-state index in [9.17, 15) is 14.4 Å². The smallest absolute Gasteiger partial charge is 0.328 e. The van der Waals surface area contributed by atoms with Crippen LogP contribution in [0.25, 0.3) is 11.3 Å². The largest absolute Gasteiger partial charge is 0.497 e. The molecule has 2 aromatic rings. The number of hydrogen-bond acceptors (Lipinski definition) is 8. The second-order valence-electron chi connectivity index (χ2n) is 6.32. The number of nitrogens with one attached hydrogen (secondary N) is 2. The number of carbonyl (C=O) groups is 3. The van der Waals surface area contributed by atoms with Crippen LogP contribution in [0.15, 0.2) is 28.8 Å². The van der Waals surface area contributed by atoms with Crippen molar-refractivity contribution in [1.29, 1.82) is 0 Å². The average molecular weight is 419 g/mol. The second kappa shape index (κ2) is 10.3. The first-order valence-corrected chi connectivity index (χ1v) is 9.27. The lowest BCUT2D eigenvalue weighted by Crippen LogP contribution is -2.49. The van der Waals surface area contributed by atoms with Crippen LogP contribution in [0, 0.1) is 0 Å². The number of aromatic nitrogens is 1. The Kier molecular flexibility index (Phi) is 7.79. The van der Waals surface area contributed by atoms with E-state index in [1.807, 2.05) is 0 Å². The zero-order valence-electron chi connectivity index (χ0n) is 17.5. The highest BCUT2D eigenvalue weighted by Crippen LogP contribution is 2.33. The highest BCUT2D eigenvalue weighted by molar-refractivity contribution is 5.97. The van der Waals surface area contributed by atoms with Crippen molar-refractivity contribution in [3.8, 4) is 22.8 Å². The Hall–Kier alpha value is -3.56. The first-order chi connectivity index (χ1) is 14.3. The van der Waals surface area contributed by atoms with Crippen LogP contribution < -0.4 is 20.1 Å². The van der Waals surface area contributed by atoms with Gasteiger partial charge in [0.15, 0.2) is 11.5 Å². The van der Waals surface area contributed by atoms with E-state index in [-0.39, 0.29) is 12.3 Å². The molecule has 2 atom stereocenters. The molecule has 1 aromatic heterocycles. The zero-order chi connectivity index (χ0) is 22.3. The summed E-state index contributed by atoms with van der Waals surface area (Å²) < 4.78 is 20.6. The van der Waals surface area contributed by atoms with E-state index in [2.05, 4.69) is 15.8 Å². The normalized spacial score (nSPS) is 12.4. The maximum atomic E-state index is 12.4. The van der Waals surface area contributed by atoms with Gasteiger partial charge in [0.25, 0.3) is 5.91 Å². The quantitative estimate of drug-likeness (QED) is 0.586. The lowest BCUT2D eigenvalue weighted by Gasteiger charge is -2.17. The second-order valence-corrected chi connectivity index (χ2v) is 6.32. The van der Waals surface area contributed by atoms with Gasteiger partial charge in [-0.05, 0) is 39.0 Å². The molecule has 0 aliphatic heterocycles. The summed E-state index contributed by atoms with van der Waals surface area (Å²) in [5.74, 6) is -0.323. The highest BCUT2D eigenvalue weighted by Gasteiger charge is 2.24. The number of amides is 2. The minimum Gasteiger partial charge on any atom is -0.497 e. The number of rotatable bonds is 9. The van der Waals surface area contributed by atoms with Gasteiger partial charge in [-0.1, -0.05) is 5.16 Å². The molecule has 30 heavy (non-hydrogen) atoms. The SMILES string of the molecule is CCOC(=O)C(C)NC(=O)C(C)NC(=O)c1cc(-c2cc(OC)ccc2OC)on1. The fourth-order valence-electron chi connectivity index (χ4n) is 2.52. The predicted molar refractivity (Wildman–Crippen MR) is 106 cm³/mol. The minimum atomic E-state index is -0.916. The number of ether oxygens (including phenoxy) is 3. The zero-order valence-corrected chi connectivity index (χ0v) is 17.5. The molecule has 10 heteroatoms. The molecule has 162 valence electrons. The molecule has 0 saturated heterocycles. The maximum Gasteiger partial charge on any atom is 0.328 e. The van der Waals surface area contributed by atoms with E-state index in [4.69, 9.17) is 18.7 Å². The molecule has 0 saturated carbocycles. The van der Waals surface area contributed by atoms with Crippen LogP contribution in [0.2, 0.25) is 0 Å². The van der Waals surface area contributed by atoms with Crippen molar-refractivity contribution < 1.29 is 33.1 Å². The lowest BCUT2D eigenvalue weighted by atomic mass is 10.1. The van der Waals surface area contributed by atoms with E-state index in [1.54, 1.807) is 25.1 Å². The molecule has 1 heterocycles. The molecule has 0 radical (unpaired) electrons. The Bertz CT molecular complexity index is 910. The average Bonchev–Trinajstić information content (AvgIpc) is 3.23. The summed E-state index contributed by atoms with van der Waals surface area (Å²) in [6.45, 7) is 4.85. The van der Waals surface area contributed by atoms with Crippen LogP contribution in [-0.4, -0.2) is 55.9 Å². The van der Waals surface area contributed by atoms with Crippen molar-refractivity contribution in [2.24, 2.45) is 0 Å². The van der Waals surface area contributed by atoms with E-state index in [0.717, 1.165) is 0 Å². The maximum absolute atomic E-state index is 12.4. The van der Waals surface area contributed by atoms with Crippen LogP contribution in [0.5, 0.6) is 11.5 Å². The van der Waals surface area contributed by atoms with Crippen LogP contribution in [0.1, 0.15) is 31.3 Å². The van der Waals surface area contributed by atoms with Crippen molar-refractivity contribution in [3.05, 3.63) is 30.0 Å². The predicted octanol–water partition coefficient (Wildman–Crippen LogP) is 1.54. The molecule has 0 aliphatic rings. The van der Waals surface area contributed by atoms with Crippen LogP contribution in [0.3, 0.4) is 0 Å². The van der Waals surface area contributed by atoms with Crippen molar-refractivity contribution in [3.63, 3.8) is 0 Å². The summed E-state index contributed by atoms with van der Waals surface area (Å²) in [6, 6.07) is 4.79. The summed E-state index contributed by atoms with van der Waals surface area (Å²) >= 11 is 0. The van der Waals surface area contributed by atoms with Crippen molar-refractivity contribution in [1.82, 2.24) is 15.8 Å². The van der Waals surface area contributed by atoms with Crippen molar-refractivity contribution in [2.45, 2.75) is 32.9 Å². The lowest BCUT2D eigenvalue weighted by molar-refractivity contribution is -0.147. The minimum absolute atomic E-state index is 0.0204. The molecule has 2 N–H and O–H groups in total. The first-order valence-electron chi connectivity index (χ1n) is 9.27. The third-order valence-corrected chi connectivity index (χ3v) is 4.15. The van der Waals surface area contributed by atoms with Crippen molar-refractivity contribution >= 4 is 17.8 Å². The summed E-state index contributed by atoms with van der Waals surface area (Å²) in [6.07, 6.45) is 0. The summed E-state index contributed by atoms with van der Waals surface area (Å²) in [7, 11) is 3.03. The number of hydrogen-bond donors (Lipinski definition) is 2. The third kappa shape index (κ3) is 5.49. The van der Waals surface area contributed by atoms with Gasteiger partial charge in [-0.25, -0.2) is 4.79 Å². The number of esters is 1. The number of carbonyl (C=O) groups excluding carboxylic acids is 3. The molecule has 2 rings (SSSR count). The highest BCUT2D eigenvalue weighted by atomic mass is 16.5. The van der Waals surface area contributed by atoms with E-state index >= 15 is 0 Å². The van der Waals surface area contributed by atoms with E-state index in [1.165, 1.54) is 34.1 Å². The molecule has 0 aliphatic carbocycles. The van der Waals surface area contributed by atoms with E-state index in [0.29, 0.717) is 22.8 Å². The van der Waals surface area contributed by atoms with Gasteiger partial charge in [-0.3, -0.25) is 9.59 Å². The Morgan fingerprint density at radius 1 is 1.07 bits per heavy atom. The standard InChI is InChI=1S/C20H25N3O7/c1-6-29-20(26)12(3)22-18(24)11(2)21-19(25)15-10-17(30-23-15)14-9-13(27-4)7-8-16(14)28-5/h7-12H,6H2,1-5H3,(H,21,25)(H,22,24). The summed E-state index contributed by atoms with van der Waals surface area (Å²) in [4.78, 5) is 36.3. The Morgan fingerprint density at radius 2 is 1.80 bits per heavy atom. The molecular formula is C20H25N3O7. The number of benzene rings is 1. The molecule has 1 aromatic carbocycles. The summed E-state index contributed by atoms with van der Waals surface area (Å²) in [5, 5.41) is 8.74. The van der Waals surface area contributed by atoms with E-state index < -0.39 is 29.9 Å². The van der Waals surface area contributed by atoms with Gasteiger partial charge in [0, 0.05) is 6.07 Å². The van der Waals surface area contributed by atoms with Crippen LogP contribution in [-0.2, 0) is 14.3 Å². The molecule has 0 bridgehead atoms. The molecule has 0 fully saturated rings. The van der Waals surface area contributed by atoms with Crippen LogP contribution in [0.4, 0.5) is 0 Å². The molecule has 0 spiro atoms. The van der Waals surface area contributed by atoms with Gasteiger partial charge in [0.1, 0.15) is 23.6 Å². The van der Waals surface area contributed by atoms with Crippen molar-refractivity contribution in [2.75, 3.05) is 20.8 Å². The fourth-order valence-corrected chi connectivity index (χ4v) is 2.52. The Balaban J connectivity index is 2.06. The first kappa shape index (κ1) is 22.7. The molecule has 2 unspecified atom stereocenters. The van der Waals surface area contributed by atoms with Gasteiger partial charge in [-0.2, -0.15) is 0 Å². The Labute approximate surface area is 173 Å². The monoisotopic (exact) mass is 419 g/mol. The topological polar surface area (TPSA) is 129 Å². The van der Waals surface area contributed by atoms with Gasteiger partial charge < -0.3 is 29.4 Å². The third-order valence-electron chi connectivity index (χ3n) is 4.15. The number of nitrogens with zero attached hydrogens (tertiary/aromatic N) is 1. The van der Waals surface area contributed by atoms with Gasteiger partial charge in [0.05, 0.1) is 26.4 Å². The van der Waals surface area contributed by atoms with Gasteiger partial charge in [0.2, 0.25) is 5.91 Å². The van der Waals surface area contributed by atoms with Gasteiger partial charge >= 0.3 is 5.97 Å². The number of methoxy groups -OCH3 is 2. The molecule has 2 amide bonds. The van der Waals surface area contributed by atoms with Gasteiger partial charge in [-0.15, -0.1) is 0 Å². The Morgan fingerprint density at radius 3 is 2.43 bits per heavy atom. The fraction of sp³-hybridized carbons (Fsp3) is 0.400. The van der Waals surface area contributed by atoms with Crippen LogP contribution >= 0.6 is 0 Å².